The van der Waals surface area contributed by atoms with Gasteiger partial charge in [-0.05, 0) is 44.5 Å². The molecule has 0 saturated heterocycles. The highest BCUT2D eigenvalue weighted by Crippen LogP contribution is 2.12. The van der Waals surface area contributed by atoms with Crippen molar-refractivity contribution in [2.75, 3.05) is 7.11 Å². The lowest BCUT2D eigenvalue weighted by Gasteiger charge is -1.98. The van der Waals surface area contributed by atoms with Crippen LogP contribution in [0.25, 0.3) is 6.08 Å². The van der Waals surface area contributed by atoms with Crippen LogP contribution in [0, 0.1) is 0 Å². The molecular formula is C21H22O4. The van der Waals surface area contributed by atoms with Crippen LogP contribution in [0.2, 0.25) is 0 Å². The van der Waals surface area contributed by atoms with E-state index in [1.807, 2.05) is 24.3 Å². The summed E-state index contributed by atoms with van der Waals surface area (Å²) in [6.45, 7) is 4.53. The number of carbonyl (C=O) groups is 3. The molecule has 0 amide bonds. The Hall–Kier alpha value is -3.01. The second kappa shape index (κ2) is 9.98. The zero-order valence-electron chi connectivity index (χ0n) is 14.9. The second-order valence-electron chi connectivity index (χ2n) is 5.41. The summed E-state index contributed by atoms with van der Waals surface area (Å²) in [6, 6.07) is 14.2. The molecule has 0 atom stereocenters. The van der Waals surface area contributed by atoms with E-state index in [2.05, 4.69) is 0 Å². The number of hydrogen-bond acceptors (Lipinski definition) is 4. The van der Waals surface area contributed by atoms with E-state index in [1.165, 1.54) is 20.8 Å². The van der Waals surface area contributed by atoms with Crippen LogP contribution < -0.4 is 4.74 Å². The Morgan fingerprint density at radius 2 is 1.20 bits per heavy atom. The average molecular weight is 338 g/mol. The Labute approximate surface area is 148 Å². The smallest absolute Gasteiger partial charge is 0.159 e. The van der Waals surface area contributed by atoms with Crippen molar-refractivity contribution in [1.29, 1.82) is 0 Å². The lowest BCUT2D eigenvalue weighted by atomic mass is 10.1. The first kappa shape index (κ1) is 20.0. The zero-order chi connectivity index (χ0) is 18.8. The molecular weight excluding hydrogens is 316 g/mol. The van der Waals surface area contributed by atoms with E-state index in [0.717, 1.165) is 11.3 Å². The average Bonchev–Trinajstić information content (AvgIpc) is 2.61. The number of rotatable bonds is 5. The molecule has 0 heterocycles. The fourth-order valence-corrected chi connectivity index (χ4v) is 1.87. The maximum atomic E-state index is 10.8. The van der Waals surface area contributed by atoms with E-state index in [-0.39, 0.29) is 17.3 Å². The molecule has 0 radical (unpaired) electrons. The number of Topliss-reactive ketones (excluding diaryl/α,β-unsaturated/α-hetero) is 2. The highest BCUT2D eigenvalue weighted by atomic mass is 16.5. The van der Waals surface area contributed by atoms with Crippen molar-refractivity contribution >= 4 is 23.4 Å². The van der Waals surface area contributed by atoms with Crippen LogP contribution in [0.1, 0.15) is 47.1 Å². The topological polar surface area (TPSA) is 60.4 Å². The van der Waals surface area contributed by atoms with Gasteiger partial charge in [-0.2, -0.15) is 0 Å². The van der Waals surface area contributed by atoms with Gasteiger partial charge in [0, 0.05) is 11.1 Å². The molecule has 0 aliphatic heterocycles. The SMILES string of the molecule is CC(=O)c1ccc(C(C)=O)cc1.COc1ccc(/C=C/C(C)=O)cc1. The summed E-state index contributed by atoms with van der Waals surface area (Å²) in [5, 5.41) is 0. The fraction of sp³-hybridized carbons (Fsp3) is 0.190. The van der Waals surface area contributed by atoms with E-state index in [0.29, 0.717) is 11.1 Å². The maximum Gasteiger partial charge on any atom is 0.159 e. The third kappa shape index (κ3) is 7.40. The molecule has 2 rings (SSSR count). The molecule has 0 saturated carbocycles. The summed E-state index contributed by atoms with van der Waals surface area (Å²) in [6.07, 6.45) is 3.32. The number of methoxy groups -OCH3 is 1. The van der Waals surface area contributed by atoms with Crippen LogP contribution in [0.3, 0.4) is 0 Å². The molecule has 2 aromatic rings. The highest BCUT2D eigenvalue weighted by molar-refractivity contribution is 5.97. The predicted molar refractivity (Wildman–Crippen MR) is 99.2 cm³/mol. The van der Waals surface area contributed by atoms with Crippen LogP contribution >= 0.6 is 0 Å². The van der Waals surface area contributed by atoms with Crippen LogP contribution in [0.5, 0.6) is 5.75 Å². The van der Waals surface area contributed by atoms with Crippen molar-refractivity contribution in [3.8, 4) is 5.75 Å². The minimum Gasteiger partial charge on any atom is -0.497 e. The first-order valence-corrected chi connectivity index (χ1v) is 7.78. The van der Waals surface area contributed by atoms with Gasteiger partial charge in [-0.3, -0.25) is 14.4 Å². The Morgan fingerprint density at radius 3 is 1.52 bits per heavy atom. The highest BCUT2D eigenvalue weighted by Gasteiger charge is 2.00. The number of ketones is 3. The molecule has 4 nitrogen and oxygen atoms in total. The van der Waals surface area contributed by atoms with Crippen LogP contribution in [0.4, 0.5) is 0 Å². The number of hydrogen-bond donors (Lipinski definition) is 0. The zero-order valence-corrected chi connectivity index (χ0v) is 14.9. The summed E-state index contributed by atoms with van der Waals surface area (Å²) >= 11 is 0. The van der Waals surface area contributed by atoms with Crippen LogP contribution in [-0.4, -0.2) is 24.5 Å². The lowest BCUT2D eigenvalue weighted by Crippen LogP contribution is -1.95. The van der Waals surface area contributed by atoms with Gasteiger partial charge in [-0.15, -0.1) is 0 Å². The molecule has 0 aliphatic carbocycles. The quantitative estimate of drug-likeness (QED) is 0.599. The normalized spacial score (nSPS) is 9.92. The molecule has 0 bridgehead atoms. The summed E-state index contributed by atoms with van der Waals surface area (Å²) < 4.78 is 5.00. The van der Waals surface area contributed by atoms with Crippen LogP contribution in [-0.2, 0) is 4.79 Å². The summed E-state index contributed by atoms with van der Waals surface area (Å²) in [5.41, 5.74) is 2.27. The van der Waals surface area contributed by atoms with E-state index >= 15 is 0 Å². The van der Waals surface area contributed by atoms with Gasteiger partial charge in [0.25, 0.3) is 0 Å². The molecule has 0 unspecified atom stereocenters. The number of carbonyl (C=O) groups excluding carboxylic acids is 3. The Kier molecular flexibility index (Phi) is 8.00. The maximum absolute atomic E-state index is 10.8. The van der Waals surface area contributed by atoms with Gasteiger partial charge in [0.15, 0.2) is 17.3 Å². The van der Waals surface area contributed by atoms with Gasteiger partial charge in [0.2, 0.25) is 0 Å². The lowest BCUT2D eigenvalue weighted by molar-refractivity contribution is -0.112. The molecule has 0 fully saturated rings. The molecule has 0 aliphatic rings. The van der Waals surface area contributed by atoms with Gasteiger partial charge in [-0.25, -0.2) is 0 Å². The first-order valence-electron chi connectivity index (χ1n) is 7.78. The third-order valence-corrected chi connectivity index (χ3v) is 3.32. The Morgan fingerprint density at radius 1 is 0.760 bits per heavy atom. The van der Waals surface area contributed by atoms with Crippen molar-refractivity contribution < 1.29 is 19.1 Å². The Balaban J connectivity index is 0.000000251. The van der Waals surface area contributed by atoms with Gasteiger partial charge < -0.3 is 4.74 Å². The summed E-state index contributed by atoms with van der Waals surface area (Å²) in [5.74, 6) is 0.908. The minimum absolute atomic E-state index is 0.0186. The van der Waals surface area contributed by atoms with Gasteiger partial charge in [0.05, 0.1) is 7.11 Å². The van der Waals surface area contributed by atoms with Gasteiger partial charge in [-0.1, -0.05) is 42.5 Å². The second-order valence-corrected chi connectivity index (χ2v) is 5.41. The predicted octanol–water partition coefficient (Wildman–Crippen LogP) is 4.39. The van der Waals surface area contributed by atoms with Crippen molar-refractivity contribution in [3.05, 3.63) is 71.3 Å². The van der Waals surface area contributed by atoms with Gasteiger partial charge in [0.1, 0.15) is 5.75 Å². The van der Waals surface area contributed by atoms with Crippen molar-refractivity contribution in [1.82, 2.24) is 0 Å². The minimum atomic E-state index is 0.0186. The molecule has 25 heavy (non-hydrogen) atoms. The molecule has 0 N–H and O–H groups in total. The standard InChI is InChI=1S/C11H12O2.C10H10O2/c1-9(12)3-4-10-5-7-11(13-2)8-6-10;1-7(11)9-3-5-10(6-4-9)8(2)12/h3-8H,1-2H3;3-6H,1-2H3/b4-3+;. The van der Waals surface area contributed by atoms with E-state index in [1.54, 1.807) is 43.5 Å². The van der Waals surface area contributed by atoms with E-state index in [4.69, 9.17) is 4.74 Å². The van der Waals surface area contributed by atoms with E-state index < -0.39 is 0 Å². The molecule has 0 spiro atoms. The van der Waals surface area contributed by atoms with Crippen molar-refractivity contribution in [3.63, 3.8) is 0 Å². The monoisotopic (exact) mass is 338 g/mol. The summed E-state index contributed by atoms with van der Waals surface area (Å²) in [7, 11) is 1.63. The van der Waals surface area contributed by atoms with E-state index in [9.17, 15) is 14.4 Å². The number of benzene rings is 2. The van der Waals surface area contributed by atoms with Crippen molar-refractivity contribution in [2.24, 2.45) is 0 Å². The first-order chi connectivity index (χ1) is 11.8. The Bertz CT molecular complexity index is 720. The van der Waals surface area contributed by atoms with Crippen LogP contribution in [0.15, 0.2) is 54.6 Å². The molecule has 130 valence electrons. The fourth-order valence-electron chi connectivity index (χ4n) is 1.87. The molecule has 4 heteroatoms. The molecule has 0 aromatic heterocycles. The number of ether oxygens (including phenoxy) is 1. The van der Waals surface area contributed by atoms with Gasteiger partial charge >= 0.3 is 0 Å². The molecule has 2 aromatic carbocycles. The van der Waals surface area contributed by atoms with Crippen molar-refractivity contribution in [2.45, 2.75) is 20.8 Å². The summed E-state index contributed by atoms with van der Waals surface area (Å²) in [4.78, 5) is 32.3. The largest absolute Gasteiger partial charge is 0.497 e. The third-order valence-electron chi connectivity index (χ3n) is 3.32. The number of allylic oxidation sites excluding steroid dienone is 1.